The fraction of sp³-hybridized carbons (Fsp3) is 0.315. The first kappa shape index (κ1) is 58.2. The molecular weight excluding hydrogens is 995 g/mol. The number of aromatic carboxylic acids is 2. The topological polar surface area (TPSA) is 337 Å². The molecule has 0 aliphatic heterocycles. The van der Waals surface area contributed by atoms with Crippen molar-refractivity contribution in [1.29, 1.82) is 0 Å². The summed E-state index contributed by atoms with van der Waals surface area (Å²) in [6.07, 6.45) is -1.29. The molecule has 0 saturated heterocycles. The summed E-state index contributed by atoms with van der Waals surface area (Å²) in [7, 11) is 0. The van der Waals surface area contributed by atoms with Crippen LogP contribution in [0.25, 0.3) is 0 Å². The lowest BCUT2D eigenvalue weighted by Gasteiger charge is -2.37. The van der Waals surface area contributed by atoms with E-state index in [2.05, 4.69) is 0 Å². The highest BCUT2D eigenvalue weighted by Crippen LogP contribution is 2.28. The molecule has 76 heavy (non-hydrogen) atoms. The maximum absolute atomic E-state index is 12.4. The SMILES string of the molecule is Cc1ccc(COc2ccc(OCC(COc3ccc(OCc4ccc(C)cc4)cc3C(=O)[O-])Oc3ccc(CC(CN(CCN(CC(=O)[O-])CC(=O)[O-])CC(=O)[O-])N(CC(=O)[O-])CC(=O)[O-])cc3)c(C(=O)[O-])c2)cc1. The Bertz CT molecular complexity index is 2640. The van der Waals surface area contributed by atoms with Crippen LogP contribution in [0.3, 0.4) is 0 Å². The predicted molar refractivity (Wildman–Crippen MR) is 251 cm³/mol. The van der Waals surface area contributed by atoms with E-state index in [9.17, 15) is 69.3 Å². The van der Waals surface area contributed by atoms with E-state index in [1.807, 2.05) is 62.4 Å². The minimum absolute atomic E-state index is 0.133. The van der Waals surface area contributed by atoms with Gasteiger partial charge in [-0.2, -0.15) is 0 Å². The first-order chi connectivity index (χ1) is 36.2. The molecular formula is C54H52N3O19-7. The number of nitrogens with zero attached hydrogens (tertiary/aromatic N) is 3. The van der Waals surface area contributed by atoms with Gasteiger partial charge in [-0.1, -0.05) is 71.8 Å². The van der Waals surface area contributed by atoms with Crippen molar-refractivity contribution >= 4 is 41.8 Å². The first-order valence-corrected chi connectivity index (χ1v) is 23.5. The molecule has 0 amide bonds. The molecule has 1 unspecified atom stereocenters. The molecule has 0 aromatic heterocycles. The van der Waals surface area contributed by atoms with Crippen LogP contribution in [0.1, 0.15) is 48.5 Å². The Morgan fingerprint density at radius 3 is 1.24 bits per heavy atom. The third-order valence-electron chi connectivity index (χ3n) is 11.4. The summed E-state index contributed by atoms with van der Waals surface area (Å²) in [6, 6.07) is 28.0. The van der Waals surface area contributed by atoms with Gasteiger partial charge in [0.1, 0.15) is 55.2 Å². The van der Waals surface area contributed by atoms with Crippen LogP contribution in [0.15, 0.2) is 109 Å². The fourth-order valence-electron chi connectivity index (χ4n) is 7.65. The summed E-state index contributed by atoms with van der Waals surface area (Å²) in [4.78, 5) is 85.8. The highest BCUT2D eigenvalue weighted by Gasteiger charge is 2.25. The minimum Gasteiger partial charge on any atom is -0.549 e. The number of carbonyl (C=O) groups is 7. The molecule has 0 spiro atoms. The number of carbonyl (C=O) groups excluding carboxylic acids is 7. The van der Waals surface area contributed by atoms with Gasteiger partial charge >= 0.3 is 0 Å². The summed E-state index contributed by atoms with van der Waals surface area (Å²) in [5.74, 6) is -11.2. The van der Waals surface area contributed by atoms with Crippen molar-refractivity contribution < 1.29 is 93.0 Å². The number of aryl methyl sites for hydroxylation is 2. The number of benzene rings is 5. The van der Waals surface area contributed by atoms with Gasteiger partial charge in [0.05, 0.1) is 41.8 Å². The third-order valence-corrected chi connectivity index (χ3v) is 11.4. The van der Waals surface area contributed by atoms with Crippen LogP contribution < -0.4 is 59.4 Å². The minimum atomic E-state index is -1.69. The van der Waals surface area contributed by atoms with E-state index in [0.29, 0.717) is 5.56 Å². The van der Waals surface area contributed by atoms with Gasteiger partial charge < -0.3 is 93.0 Å². The molecule has 0 aliphatic carbocycles. The molecule has 0 heterocycles. The van der Waals surface area contributed by atoms with Crippen molar-refractivity contribution in [3.63, 3.8) is 0 Å². The third kappa shape index (κ3) is 19.9. The van der Waals surface area contributed by atoms with Crippen molar-refractivity contribution in [3.8, 4) is 28.7 Å². The second-order valence-electron chi connectivity index (χ2n) is 17.5. The van der Waals surface area contributed by atoms with Gasteiger partial charge in [0.15, 0.2) is 6.10 Å². The second-order valence-corrected chi connectivity index (χ2v) is 17.5. The molecule has 5 aromatic carbocycles. The summed E-state index contributed by atoms with van der Waals surface area (Å²) in [5, 5.41) is 82.8. The normalized spacial score (nSPS) is 11.6. The van der Waals surface area contributed by atoms with Crippen molar-refractivity contribution in [3.05, 3.63) is 148 Å². The van der Waals surface area contributed by atoms with Crippen molar-refractivity contribution in [1.82, 2.24) is 14.7 Å². The smallest absolute Gasteiger partial charge is 0.166 e. The zero-order valence-electron chi connectivity index (χ0n) is 41.3. The van der Waals surface area contributed by atoms with Gasteiger partial charge in [-0.05, 0) is 85.5 Å². The number of carboxylic acids is 7. The number of ether oxygens (including phenoxy) is 5. The lowest BCUT2D eigenvalue weighted by Crippen LogP contribution is -2.55. The van der Waals surface area contributed by atoms with E-state index >= 15 is 0 Å². The number of rotatable bonds is 34. The van der Waals surface area contributed by atoms with E-state index in [1.165, 1.54) is 65.6 Å². The van der Waals surface area contributed by atoms with Crippen LogP contribution in [-0.4, -0.2) is 134 Å². The second kappa shape index (κ2) is 28.6. The molecule has 0 radical (unpaired) electrons. The molecule has 22 heteroatoms. The molecule has 0 saturated carbocycles. The van der Waals surface area contributed by atoms with Crippen molar-refractivity contribution in [2.24, 2.45) is 0 Å². The van der Waals surface area contributed by atoms with Crippen LogP contribution in [0.4, 0.5) is 0 Å². The number of hydrogen-bond donors (Lipinski definition) is 0. The van der Waals surface area contributed by atoms with Gasteiger partial charge in [0.25, 0.3) is 0 Å². The molecule has 22 nitrogen and oxygen atoms in total. The average molecular weight is 1050 g/mol. The molecule has 404 valence electrons. The van der Waals surface area contributed by atoms with Gasteiger partial charge in [-0.15, -0.1) is 0 Å². The zero-order chi connectivity index (χ0) is 55.3. The molecule has 5 rings (SSSR count). The standard InChI is InChI=1S/C54H59N3O19/c1-34-3-7-37(8-4-34)30-72-41-15-17-46(44(22-41)53(68)69)74-32-43(33-75-47-18-16-42(23-45(47)54(70)71)73-31-38-9-5-35(2)6-10-38)76-40-13-11-36(12-14-40)21-39(57(28-51(64)65)29-52(66)67)24-55(25-48(58)59)19-20-56(26-49(60)61)27-50(62)63/h3-18,22-23,39,43H,19-21,24-33H2,1-2H3,(H,58,59)(H,60,61)(H,62,63)(H,64,65)(H,66,67)(H,68,69)(H,70,71)/p-7. The predicted octanol–water partition coefficient (Wildman–Crippen LogP) is -4.34. The highest BCUT2D eigenvalue weighted by atomic mass is 16.6. The average Bonchev–Trinajstić information content (AvgIpc) is 3.35. The Morgan fingerprint density at radius 2 is 0.829 bits per heavy atom. The molecule has 1 atom stereocenters. The molecule has 0 bridgehead atoms. The first-order valence-electron chi connectivity index (χ1n) is 23.5. The summed E-state index contributed by atoms with van der Waals surface area (Å²) >= 11 is 0. The van der Waals surface area contributed by atoms with E-state index in [-0.39, 0.29) is 79.1 Å². The Morgan fingerprint density at radius 1 is 0.447 bits per heavy atom. The molecule has 0 aliphatic rings. The van der Waals surface area contributed by atoms with Gasteiger partial charge in [-0.25, -0.2) is 0 Å². The van der Waals surface area contributed by atoms with E-state index < -0.39 is 99.9 Å². The van der Waals surface area contributed by atoms with Crippen molar-refractivity contribution in [2.45, 2.75) is 45.6 Å². The summed E-state index contributed by atoms with van der Waals surface area (Å²) in [6.45, 7) is -2.18. The van der Waals surface area contributed by atoms with E-state index in [0.717, 1.165) is 32.1 Å². The maximum Gasteiger partial charge on any atom is 0.166 e. The largest absolute Gasteiger partial charge is 0.549 e. The van der Waals surface area contributed by atoms with Crippen LogP contribution in [0, 0.1) is 13.8 Å². The quantitative estimate of drug-likeness (QED) is 0.0376. The van der Waals surface area contributed by atoms with Crippen LogP contribution in [0.5, 0.6) is 28.7 Å². The van der Waals surface area contributed by atoms with Crippen LogP contribution in [0.2, 0.25) is 0 Å². The lowest BCUT2D eigenvalue weighted by molar-refractivity contribution is -0.313. The molecule has 0 N–H and O–H groups in total. The molecule has 0 fully saturated rings. The Labute approximate surface area is 436 Å². The molecule has 5 aromatic rings. The number of carboxylic acid groups (broad SMARTS) is 7. The van der Waals surface area contributed by atoms with E-state index in [4.69, 9.17) is 23.7 Å². The monoisotopic (exact) mass is 1050 g/mol. The summed E-state index contributed by atoms with van der Waals surface area (Å²) in [5.41, 5.74) is 3.44. The van der Waals surface area contributed by atoms with Gasteiger partial charge in [0.2, 0.25) is 0 Å². The number of aliphatic carboxylic acids is 5. The fourth-order valence-corrected chi connectivity index (χ4v) is 7.65. The number of hydrogen-bond acceptors (Lipinski definition) is 22. The Hall–Kier alpha value is -8.73. The lowest BCUT2D eigenvalue weighted by atomic mass is 10.0. The van der Waals surface area contributed by atoms with Gasteiger partial charge in [-0.3, -0.25) is 14.7 Å². The maximum atomic E-state index is 12.4. The Balaban J connectivity index is 1.40. The highest BCUT2D eigenvalue weighted by molar-refractivity contribution is 5.90. The van der Waals surface area contributed by atoms with Gasteiger partial charge in [0, 0.05) is 69.5 Å². The zero-order valence-corrected chi connectivity index (χ0v) is 41.3. The van der Waals surface area contributed by atoms with Crippen molar-refractivity contribution in [2.75, 3.05) is 65.6 Å². The van der Waals surface area contributed by atoms with Crippen LogP contribution >= 0.6 is 0 Å². The Kier molecular flexibility index (Phi) is 21.9. The summed E-state index contributed by atoms with van der Waals surface area (Å²) < 4.78 is 29.8. The van der Waals surface area contributed by atoms with E-state index in [1.54, 1.807) is 0 Å². The van der Waals surface area contributed by atoms with Crippen LogP contribution in [-0.2, 0) is 43.6 Å².